The number of hydrogen-bond acceptors (Lipinski definition) is 5. The number of likely N-dealkylation sites (tertiary alicyclic amines) is 1. The number of esters is 1. The van der Waals surface area contributed by atoms with Gasteiger partial charge in [0.05, 0.1) is 25.4 Å². The van der Waals surface area contributed by atoms with E-state index in [-0.39, 0.29) is 28.6 Å². The molecule has 0 saturated carbocycles. The Morgan fingerprint density at radius 1 is 1.50 bits per heavy atom. The van der Waals surface area contributed by atoms with Gasteiger partial charge in [0.25, 0.3) is 5.91 Å². The molecule has 1 unspecified atom stereocenters. The monoisotopic (exact) mass is 269 g/mol. The molecule has 0 aromatic carbocycles. The van der Waals surface area contributed by atoms with Crippen LogP contribution in [0.15, 0.2) is 12.4 Å². The van der Waals surface area contributed by atoms with Crippen LogP contribution >= 0.6 is 11.6 Å². The topological polar surface area (TPSA) is 72.4 Å². The Morgan fingerprint density at radius 2 is 2.28 bits per heavy atom. The molecule has 6 nitrogen and oxygen atoms in total. The van der Waals surface area contributed by atoms with Crippen molar-refractivity contribution in [1.82, 2.24) is 14.9 Å². The van der Waals surface area contributed by atoms with Crippen LogP contribution in [0.5, 0.6) is 0 Å². The summed E-state index contributed by atoms with van der Waals surface area (Å²) in [5.74, 6) is -0.815. The van der Waals surface area contributed by atoms with Crippen molar-refractivity contribution in [1.29, 1.82) is 0 Å². The summed E-state index contributed by atoms with van der Waals surface area (Å²) in [6.07, 6.45) is 3.33. The van der Waals surface area contributed by atoms with Crippen LogP contribution in [0, 0.1) is 5.92 Å². The molecule has 0 spiro atoms. The third-order valence-electron chi connectivity index (χ3n) is 2.83. The number of hydrogen-bond donors (Lipinski definition) is 0. The molecular formula is C11H12ClN3O3. The average molecular weight is 270 g/mol. The summed E-state index contributed by atoms with van der Waals surface area (Å²) in [5, 5.41) is 0.171. The molecule has 7 heteroatoms. The summed E-state index contributed by atoms with van der Waals surface area (Å²) in [5.41, 5.74) is 0.188. The molecule has 1 saturated heterocycles. The van der Waals surface area contributed by atoms with E-state index in [0.717, 1.165) is 0 Å². The van der Waals surface area contributed by atoms with Gasteiger partial charge in [0, 0.05) is 13.1 Å². The molecule has 0 aliphatic carbocycles. The number of halogens is 1. The van der Waals surface area contributed by atoms with Gasteiger partial charge in [-0.1, -0.05) is 11.6 Å². The van der Waals surface area contributed by atoms with Crippen LogP contribution in [-0.4, -0.2) is 46.9 Å². The maximum Gasteiger partial charge on any atom is 0.310 e. The average Bonchev–Trinajstić information content (AvgIpc) is 2.86. The number of ether oxygens (including phenoxy) is 1. The number of amides is 1. The first-order valence-corrected chi connectivity index (χ1v) is 5.84. The van der Waals surface area contributed by atoms with Gasteiger partial charge in [-0.15, -0.1) is 0 Å². The number of aromatic nitrogens is 2. The van der Waals surface area contributed by atoms with Gasteiger partial charge in [-0.25, -0.2) is 4.98 Å². The minimum atomic E-state index is -0.289. The third-order valence-corrected chi connectivity index (χ3v) is 3.02. The fraction of sp³-hybridized carbons (Fsp3) is 0.455. The summed E-state index contributed by atoms with van der Waals surface area (Å²) in [4.78, 5) is 32.7. The summed E-state index contributed by atoms with van der Waals surface area (Å²) < 4.78 is 4.66. The van der Waals surface area contributed by atoms with E-state index in [1.165, 1.54) is 19.5 Å². The number of nitrogens with zero attached hydrogens (tertiary/aromatic N) is 3. The Balaban J connectivity index is 2.06. The predicted octanol–water partition coefficient (Wildman–Crippen LogP) is 0.765. The second-order valence-corrected chi connectivity index (χ2v) is 4.37. The zero-order valence-electron chi connectivity index (χ0n) is 9.80. The summed E-state index contributed by atoms with van der Waals surface area (Å²) in [7, 11) is 1.34. The van der Waals surface area contributed by atoms with E-state index >= 15 is 0 Å². The van der Waals surface area contributed by atoms with E-state index in [0.29, 0.717) is 19.5 Å². The van der Waals surface area contributed by atoms with Gasteiger partial charge < -0.3 is 9.64 Å². The van der Waals surface area contributed by atoms with Gasteiger partial charge >= 0.3 is 5.97 Å². The molecule has 1 fully saturated rings. The molecule has 0 N–H and O–H groups in total. The summed E-state index contributed by atoms with van der Waals surface area (Å²) in [6.45, 7) is 0.854. The van der Waals surface area contributed by atoms with Gasteiger partial charge in [-0.2, -0.15) is 0 Å². The Hall–Kier alpha value is -1.69. The van der Waals surface area contributed by atoms with Crippen molar-refractivity contribution in [2.45, 2.75) is 6.42 Å². The van der Waals surface area contributed by atoms with Gasteiger partial charge in [0.2, 0.25) is 0 Å². The molecule has 0 bridgehead atoms. The maximum atomic E-state index is 12.1. The largest absolute Gasteiger partial charge is 0.469 e. The lowest BCUT2D eigenvalue weighted by molar-refractivity contribution is -0.144. The number of methoxy groups -OCH3 is 1. The lowest BCUT2D eigenvalue weighted by Crippen LogP contribution is -2.30. The Kier molecular flexibility index (Phi) is 3.76. The lowest BCUT2D eigenvalue weighted by atomic mass is 10.1. The SMILES string of the molecule is COC(=O)C1CCN(C(=O)c2cncc(Cl)n2)C1. The summed E-state index contributed by atoms with van der Waals surface area (Å²) >= 11 is 5.68. The predicted molar refractivity (Wildman–Crippen MR) is 63.1 cm³/mol. The standard InChI is InChI=1S/C11H12ClN3O3/c1-18-11(17)7-2-3-15(6-7)10(16)8-4-13-5-9(12)14-8/h4-5,7H,2-3,6H2,1H3. The van der Waals surface area contributed by atoms with Crippen molar-refractivity contribution >= 4 is 23.5 Å². The minimum Gasteiger partial charge on any atom is -0.469 e. The highest BCUT2D eigenvalue weighted by Gasteiger charge is 2.32. The normalized spacial score (nSPS) is 18.8. The van der Waals surface area contributed by atoms with Crippen LogP contribution in [0.1, 0.15) is 16.9 Å². The second kappa shape index (κ2) is 5.30. The number of carbonyl (C=O) groups is 2. The molecule has 1 aliphatic rings. The molecule has 2 rings (SSSR count). The minimum absolute atomic E-state index is 0.171. The first-order chi connectivity index (χ1) is 8.61. The van der Waals surface area contributed by atoms with E-state index in [1.807, 2.05) is 0 Å². The van der Waals surface area contributed by atoms with Crippen LogP contribution in [0.25, 0.3) is 0 Å². The molecule has 96 valence electrons. The molecule has 1 aromatic heterocycles. The van der Waals surface area contributed by atoms with Gasteiger partial charge in [0.15, 0.2) is 0 Å². The van der Waals surface area contributed by atoms with Crippen molar-refractivity contribution in [3.8, 4) is 0 Å². The van der Waals surface area contributed by atoms with Crippen LogP contribution in [0.2, 0.25) is 5.15 Å². The molecule has 0 radical (unpaired) electrons. The lowest BCUT2D eigenvalue weighted by Gasteiger charge is -2.15. The Bertz CT molecular complexity index is 480. The fourth-order valence-corrected chi connectivity index (χ4v) is 2.06. The molecule has 1 aromatic rings. The van der Waals surface area contributed by atoms with Gasteiger partial charge in [-0.3, -0.25) is 14.6 Å². The van der Waals surface area contributed by atoms with Crippen molar-refractivity contribution in [2.24, 2.45) is 5.92 Å². The summed E-state index contributed by atoms with van der Waals surface area (Å²) in [6, 6.07) is 0. The molecule has 18 heavy (non-hydrogen) atoms. The van der Waals surface area contributed by atoms with Gasteiger partial charge in [0.1, 0.15) is 10.8 Å². The highest BCUT2D eigenvalue weighted by molar-refractivity contribution is 6.29. The number of carbonyl (C=O) groups excluding carboxylic acids is 2. The quantitative estimate of drug-likeness (QED) is 0.742. The zero-order chi connectivity index (χ0) is 13.1. The molecule has 1 atom stereocenters. The molecule has 1 amide bonds. The van der Waals surface area contributed by atoms with Crippen LogP contribution in [-0.2, 0) is 9.53 Å². The Labute approximate surface area is 109 Å². The van der Waals surface area contributed by atoms with E-state index in [9.17, 15) is 9.59 Å². The second-order valence-electron chi connectivity index (χ2n) is 3.99. The van der Waals surface area contributed by atoms with Crippen LogP contribution < -0.4 is 0 Å². The van der Waals surface area contributed by atoms with Crippen molar-refractivity contribution < 1.29 is 14.3 Å². The molecule has 1 aliphatic heterocycles. The smallest absolute Gasteiger partial charge is 0.310 e. The highest BCUT2D eigenvalue weighted by atomic mass is 35.5. The third kappa shape index (κ3) is 2.59. The molecular weight excluding hydrogens is 258 g/mol. The highest BCUT2D eigenvalue weighted by Crippen LogP contribution is 2.19. The van der Waals surface area contributed by atoms with Crippen LogP contribution in [0.3, 0.4) is 0 Å². The van der Waals surface area contributed by atoms with Crippen molar-refractivity contribution in [3.05, 3.63) is 23.2 Å². The Morgan fingerprint density at radius 3 is 2.94 bits per heavy atom. The molecule has 2 heterocycles. The van der Waals surface area contributed by atoms with E-state index < -0.39 is 0 Å². The van der Waals surface area contributed by atoms with Gasteiger partial charge in [-0.05, 0) is 6.42 Å². The van der Waals surface area contributed by atoms with Crippen LogP contribution in [0.4, 0.5) is 0 Å². The van der Waals surface area contributed by atoms with E-state index in [2.05, 4.69) is 14.7 Å². The first kappa shape index (κ1) is 12.8. The van der Waals surface area contributed by atoms with Crippen molar-refractivity contribution in [3.63, 3.8) is 0 Å². The first-order valence-electron chi connectivity index (χ1n) is 5.46. The zero-order valence-corrected chi connectivity index (χ0v) is 10.6. The fourth-order valence-electron chi connectivity index (χ4n) is 1.91. The van der Waals surface area contributed by atoms with E-state index in [4.69, 9.17) is 11.6 Å². The maximum absolute atomic E-state index is 12.1. The number of rotatable bonds is 2. The van der Waals surface area contributed by atoms with Crippen molar-refractivity contribution in [2.75, 3.05) is 20.2 Å². The van der Waals surface area contributed by atoms with E-state index in [1.54, 1.807) is 4.90 Å².